The van der Waals surface area contributed by atoms with Gasteiger partial charge in [-0.15, -0.1) is 0 Å². The van der Waals surface area contributed by atoms with Crippen LogP contribution in [-0.4, -0.2) is 122 Å². The summed E-state index contributed by atoms with van der Waals surface area (Å²) in [5.74, 6) is -5.29. The van der Waals surface area contributed by atoms with Gasteiger partial charge in [0.1, 0.15) is 24.6 Å². The van der Waals surface area contributed by atoms with Crippen LogP contribution >= 0.6 is 11.8 Å². The maximum absolute atomic E-state index is 13.9. The molecule has 2 aliphatic heterocycles. The van der Waals surface area contributed by atoms with Crippen LogP contribution in [0.5, 0.6) is 5.75 Å². The van der Waals surface area contributed by atoms with Crippen LogP contribution in [0.2, 0.25) is 0 Å². The molecule has 0 unspecified atom stereocenters. The first-order valence-electron chi connectivity index (χ1n) is 23.4. The van der Waals surface area contributed by atoms with Crippen molar-refractivity contribution >= 4 is 86.7 Å². The van der Waals surface area contributed by atoms with Gasteiger partial charge in [0.2, 0.25) is 5.91 Å². The highest BCUT2D eigenvalue weighted by Gasteiger charge is 2.59. The number of thioether (sulfide) groups is 1. The van der Waals surface area contributed by atoms with Gasteiger partial charge in [0, 0.05) is 58.8 Å². The number of nitro benzene ring substituents is 3. The van der Waals surface area contributed by atoms with Crippen LogP contribution in [0.1, 0.15) is 57.4 Å². The molecule has 0 radical (unpaired) electrons. The number of hydrogen-bond acceptors (Lipinski definition) is 18. The SMILES string of the molecule is CSC(=NC(=O)OC(=O)c1ccc([N+](=O)[O-])cc1)N(CC[N+](C)(C)Cc1cccc2c(OCC3=C(C(=O)OC(=O)c4ccc([N+](=O)[O-])cc4)N4C(=O)[C@H](C(C)C)[C@H]4[C@H]3C)cccc12)C(=O)OC(=O)c1ccc([N+](=O)[O-])cc1. The zero-order chi connectivity index (χ0) is 56.0. The molecule has 3 amide bonds. The van der Waals surface area contributed by atoms with E-state index in [-0.39, 0.29) is 86.5 Å². The number of carbonyl (C=O) groups is 7. The Kier molecular flexibility index (Phi) is 16.7. The minimum absolute atomic E-state index is 0.0699. The number of nitrogens with zero attached hydrogens (tertiary/aromatic N) is 7. The lowest BCUT2D eigenvalue weighted by molar-refractivity contribution is -0.902. The largest absolute Gasteiger partial charge is 0.488 e. The molecule has 3 atom stereocenters. The molecule has 398 valence electrons. The molecule has 25 heteroatoms. The normalized spacial score (nSPS) is 16.0. The number of carbonyl (C=O) groups excluding carboxylic acids is 7. The van der Waals surface area contributed by atoms with Crippen LogP contribution in [-0.2, 0) is 30.3 Å². The summed E-state index contributed by atoms with van der Waals surface area (Å²) in [6.45, 7) is 5.65. The number of nitro groups is 3. The second-order valence-corrected chi connectivity index (χ2v) is 19.4. The van der Waals surface area contributed by atoms with Gasteiger partial charge in [-0.2, -0.15) is 4.99 Å². The Bertz CT molecular complexity index is 3310. The number of hydrogen-bond donors (Lipinski definition) is 0. The molecule has 0 bridgehead atoms. The molecule has 1 fully saturated rings. The standard InChI is InChI=1S/C52H48N7O17S/c1-29(2)42-43-30(3)40(44(55(43)45(42)60)49(64)74-46(61)31-13-19-35(20-14-31)56(67)68)28-73-41-12-8-10-38-34(9-7-11-39(38)41)27-59(4,5)26-25-54(52(66)76-48(63)33-17-23-37(24-18-33)58(71)72)50(77-6)53-51(65)75-47(62)32-15-21-36(22-16-32)57(69)70/h7-24,29-30,42-43H,25-28H2,1-6H3/q+1/t30-,42+,43+/m0/s1. The van der Waals surface area contributed by atoms with Crippen LogP contribution < -0.4 is 4.74 Å². The van der Waals surface area contributed by atoms with Gasteiger partial charge >= 0.3 is 36.1 Å². The zero-order valence-corrected chi connectivity index (χ0v) is 42.8. The van der Waals surface area contributed by atoms with E-state index in [0.29, 0.717) is 23.3 Å². The molecule has 0 aliphatic carbocycles. The number of β-lactam (4-membered cyclic amide) rings is 1. The summed E-state index contributed by atoms with van der Waals surface area (Å²) < 4.78 is 21.9. The van der Waals surface area contributed by atoms with Crippen molar-refractivity contribution in [2.75, 3.05) is 40.0 Å². The van der Waals surface area contributed by atoms with Gasteiger partial charge in [-0.1, -0.05) is 62.9 Å². The number of non-ortho nitro benzene ring substituents is 3. The quantitative estimate of drug-likeness (QED) is 0.0103. The predicted molar refractivity (Wildman–Crippen MR) is 274 cm³/mol. The molecular formula is C52H48N7O17S+. The molecule has 0 aromatic heterocycles. The molecule has 0 saturated carbocycles. The average Bonchev–Trinajstić information content (AvgIpc) is 3.81. The van der Waals surface area contributed by atoms with Crippen molar-refractivity contribution in [1.82, 2.24) is 9.80 Å². The Balaban J connectivity index is 1.11. The Morgan fingerprint density at radius 2 is 1.19 bits per heavy atom. The van der Waals surface area contributed by atoms with Gasteiger partial charge in [0.05, 0.1) is 70.6 Å². The molecule has 0 N–H and O–H groups in total. The van der Waals surface area contributed by atoms with E-state index in [0.717, 1.165) is 100 Å². The van der Waals surface area contributed by atoms with Gasteiger partial charge in [-0.05, 0) is 60.0 Å². The second-order valence-electron chi connectivity index (χ2n) is 18.7. The van der Waals surface area contributed by atoms with E-state index in [9.17, 15) is 63.9 Å². The summed E-state index contributed by atoms with van der Waals surface area (Å²) >= 11 is 0.771. The fourth-order valence-corrected chi connectivity index (χ4v) is 9.50. The van der Waals surface area contributed by atoms with E-state index in [1.807, 2.05) is 59.1 Å². The molecular weight excluding hydrogens is 1030 g/mol. The molecule has 0 spiro atoms. The summed E-state index contributed by atoms with van der Waals surface area (Å²) in [4.78, 5) is 131. The Labute approximate surface area is 441 Å². The molecule has 24 nitrogen and oxygen atoms in total. The number of amides is 3. The number of rotatable bonds is 16. The highest BCUT2D eigenvalue weighted by Crippen LogP contribution is 2.49. The number of amidine groups is 1. The third-order valence-corrected chi connectivity index (χ3v) is 13.6. The van der Waals surface area contributed by atoms with E-state index >= 15 is 0 Å². The average molecular weight is 1080 g/mol. The predicted octanol–water partition coefficient (Wildman–Crippen LogP) is 8.27. The number of esters is 4. The maximum Gasteiger partial charge on any atom is 0.444 e. The highest BCUT2D eigenvalue weighted by atomic mass is 32.2. The van der Waals surface area contributed by atoms with E-state index < -0.39 is 62.8 Å². The first-order valence-corrected chi connectivity index (χ1v) is 24.7. The van der Waals surface area contributed by atoms with Gasteiger partial charge in [-0.3, -0.25) is 35.1 Å². The summed E-state index contributed by atoms with van der Waals surface area (Å²) in [5.41, 5.74) is -0.327. The molecule has 7 rings (SSSR count). The van der Waals surface area contributed by atoms with Gasteiger partial charge in [-0.25, -0.2) is 33.7 Å². The number of ether oxygens (including phenoxy) is 4. The lowest BCUT2D eigenvalue weighted by Crippen LogP contribution is -2.62. The van der Waals surface area contributed by atoms with Gasteiger partial charge < -0.3 is 28.3 Å². The molecule has 5 aromatic carbocycles. The third kappa shape index (κ3) is 12.3. The van der Waals surface area contributed by atoms with Crippen LogP contribution in [0.25, 0.3) is 10.8 Å². The van der Waals surface area contributed by atoms with Crippen molar-refractivity contribution in [2.45, 2.75) is 33.4 Å². The van der Waals surface area contributed by atoms with E-state index in [1.54, 1.807) is 12.1 Å². The Morgan fingerprint density at radius 3 is 1.70 bits per heavy atom. The number of likely N-dealkylation sites (N-methyl/N-ethyl adjacent to an activating group) is 1. The van der Waals surface area contributed by atoms with Crippen LogP contribution in [0.4, 0.5) is 26.7 Å². The van der Waals surface area contributed by atoms with Crippen LogP contribution in [0.15, 0.2) is 125 Å². The van der Waals surface area contributed by atoms with E-state index in [4.69, 9.17) is 18.9 Å². The minimum Gasteiger partial charge on any atom is -0.488 e. The minimum atomic E-state index is -1.47. The number of benzene rings is 5. The highest BCUT2D eigenvalue weighted by molar-refractivity contribution is 8.13. The van der Waals surface area contributed by atoms with Crippen molar-refractivity contribution in [3.05, 3.63) is 173 Å². The van der Waals surface area contributed by atoms with Gasteiger partial charge in [0.25, 0.3) is 17.1 Å². The number of quaternary nitrogens is 1. The van der Waals surface area contributed by atoms with Gasteiger partial charge in [0.15, 0.2) is 5.17 Å². The van der Waals surface area contributed by atoms with Crippen LogP contribution in [0, 0.1) is 48.1 Å². The maximum atomic E-state index is 13.9. The topological polar surface area (TPSA) is 305 Å². The monoisotopic (exact) mass is 1070 g/mol. The summed E-state index contributed by atoms with van der Waals surface area (Å²) in [6, 6.07) is 23.5. The fourth-order valence-electron chi connectivity index (χ4n) is 8.95. The summed E-state index contributed by atoms with van der Waals surface area (Å²) in [5, 5.41) is 34.5. The van der Waals surface area contributed by atoms with Crippen molar-refractivity contribution in [2.24, 2.45) is 22.7 Å². The summed E-state index contributed by atoms with van der Waals surface area (Å²) in [7, 11) is 3.68. The number of aliphatic imine (C=N–C) groups is 1. The second kappa shape index (κ2) is 23.1. The Morgan fingerprint density at radius 1 is 0.701 bits per heavy atom. The summed E-state index contributed by atoms with van der Waals surface area (Å²) in [6.07, 6.45) is -1.32. The first-order chi connectivity index (χ1) is 36.5. The van der Waals surface area contributed by atoms with Crippen molar-refractivity contribution in [3.63, 3.8) is 0 Å². The first kappa shape index (κ1) is 55.5. The zero-order valence-electron chi connectivity index (χ0n) is 42.0. The van der Waals surface area contributed by atoms with E-state index in [1.165, 1.54) is 11.2 Å². The fraction of sp³-hybridized carbons (Fsp3) is 0.269. The smallest absolute Gasteiger partial charge is 0.444 e. The molecule has 5 aromatic rings. The molecule has 2 aliphatic rings. The lowest BCUT2D eigenvalue weighted by Gasteiger charge is -2.47. The molecule has 1 saturated heterocycles. The Hall–Kier alpha value is -9.23. The van der Waals surface area contributed by atoms with Crippen molar-refractivity contribution < 1.29 is 71.8 Å². The van der Waals surface area contributed by atoms with Crippen molar-refractivity contribution in [3.8, 4) is 5.75 Å². The van der Waals surface area contributed by atoms with E-state index in [2.05, 4.69) is 4.99 Å². The molecule has 2 heterocycles. The third-order valence-electron chi connectivity index (χ3n) is 12.9. The van der Waals surface area contributed by atoms with Crippen LogP contribution in [0.3, 0.4) is 0 Å². The molecule has 77 heavy (non-hydrogen) atoms. The number of fused-ring (bicyclic) bond motifs is 2. The van der Waals surface area contributed by atoms with Crippen molar-refractivity contribution in [1.29, 1.82) is 0 Å². The lowest BCUT2D eigenvalue weighted by atomic mass is 9.74.